The third-order valence-electron chi connectivity index (χ3n) is 13.7. The van der Waals surface area contributed by atoms with Crippen LogP contribution >= 0.6 is 0 Å². The van der Waals surface area contributed by atoms with Crippen LogP contribution in [0.2, 0.25) is 0 Å². The average molecular weight is 865 g/mol. The monoisotopic (exact) mass is 864 g/mol. The first-order valence-electron chi connectivity index (χ1n) is 23.4. The van der Waals surface area contributed by atoms with Crippen molar-refractivity contribution in [2.24, 2.45) is 0 Å². The maximum Gasteiger partial charge on any atom is 0.0625 e. The van der Waals surface area contributed by atoms with Crippen molar-refractivity contribution >= 4 is 43.6 Å². The van der Waals surface area contributed by atoms with Crippen molar-refractivity contribution in [3.8, 4) is 78.1 Å². The molecule has 0 bridgehead atoms. The average Bonchev–Trinajstić information content (AvgIpc) is 3.95. The fourth-order valence-corrected chi connectivity index (χ4v) is 10.6. The van der Waals surface area contributed by atoms with Crippen LogP contribution in [-0.4, -0.2) is 9.13 Å². The zero-order valence-electron chi connectivity index (χ0n) is 37.3. The Bertz CT molecular complexity index is 3960. The molecule has 0 atom stereocenters. The number of aromatic nitrogens is 2. The van der Waals surface area contributed by atoms with E-state index in [1.165, 1.54) is 105 Å². The second-order valence-corrected chi connectivity index (χ2v) is 17.6. The first kappa shape index (κ1) is 39.4. The molecule has 0 aliphatic rings. The molecule has 0 saturated heterocycles. The normalized spacial score (nSPS) is 11.5. The number of benzene rings is 11. The number of hydrogen-bond donors (Lipinski definition) is 0. The van der Waals surface area contributed by atoms with Crippen LogP contribution in [0.3, 0.4) is 0 Å². The SMILES string of the molecule is c1ccc(-c2cccc(-n3c4ccc(-c5ccc6c(c5)c5c(-c7ccccc7)ccc(-c7ccccc7)c5n6-c5ccccc5)cc4c4c(-c5ccccc5)ccc(-c5ccccc5)c43)c2)cc1. The second kappa shape index (κ2) is 16.5. The van der Waals surface area contributed by atoms with Gasteiger partial charge in [-0.3, -0.25) is 0 Å². The van der Waals surface area contributed by atoms with Gasteiger partial charge >= 0.3 is 0 Å². The quantitative estimate of drug-likeness (QED) is 0.144. The molecule has 0 radical (unpaired) electrons. The van der Waals surface area contributed by atoms with Gasteiger partial charge in [0, 0.05) is 44.0 Å². The first-order chi connectivity index (χ1) is 33.8. The fourth-order valence-electron chi connectivity index (χ4n) is 10.6. The largest absolute Gasteiger partial charge is 0.309 e. The van der Waals surface area contributed by atoms with Crippen LogP contribution in [0.15, 0.2) is 267 Å². The van der Waals surface area contributed by atoms with Gasteiger partial charge in [-0.25, -0.2) is 0 Å². The molecule has 0 fully saturated rings. The molecule has 0 N–H and O–H groups in total. The van der Waals surface area contributed by atoms with Gasteiger partial charge in [0.15, 0.2) is 0 Å². The molecule has 0 spiro atoms. The predicted molar refractivity (Wildman–Crippen MR) is 288 cm³/mol. The molecule has 11 aromatic carbocycles. The van der Waals surface area contributed by atoms with Gasteiger partial charge in [-0.15, -0.1) is 0 Å². The molecule has 0 aliphatic carbocycles. The van der Waals surface area contributed by atoms with Crippen molar-refractivity contribution in [2.75, 3.05) is 0 Å². The number of para-hydroxylation sites is 1. The molecule has 0 aliphatic heterocycles. The lowest BCUT2D eigenvalue weighted by Gasteiger charge is -2.15. The lowest BCUT2D eigenvalue weighted by atomic mass is 9.92. The summed E-state index contributed by atoms with van der Waals surface area (Å²) < 4.78 is 4.98. The Morgan fingerprint density at radius 2 is 0.529 bits per heavy atom. The van der Waals surface area contributed by atoms with E-state index < -0.39 is 0 Å². The summed E-state index contributed by atoms with van der Waals surface area (Å²) in [6, 6.07) is 97.5. The minimum absolute atomic E-state index is 1.12. The third kappa shape index (κ3) is 6.57. The summed E-state index contributed by atoms with van der Waals surface area (Å²) in [5, 5.41) is 4.91. The molecule has 0 amide bonds. The van der Waals surface area contributed by atoms with Gasteiger partial charge in [0.1, 0.15) is 0 Å². The van der Waals surface area contributed by atoms with Crippen LogP contribution in [0, 0.1) is 0 Å². The van der Waals surface area contributed by atoms with Gasteiger partial charge in [-0.1, -0.05) is 218 Å². The van der Waals surface area contributed by atoms with E-state index in [2.05, 4.69) is 276 Å². The number of nitrogens with zero attached hydrogens (tertiary/aromatic N) is 2. The van der Waals surface area contributed by atoms with Gasteiger partial charge in [0.25, 0.3) is 0 Å². The molecule has 2 aromatic heterocycles. The van der Waals surface area contributed by atoms with E-state index in [-0.39, 0.29) is 0 Å². The lowest BCUT2D eigenvalue weighted by Crippen LogP contribution is -1.96. The highest BCUT2D eigenvalue weighted by Gasteiger charge is 2.24. The van der Waals surface area contributed by atoms with Gasteiger partial charge in [0.05, 0.1) is 22.1 Å². The summed E-state index contributed by atoms with van der Waals surface area (Å²) in [5.74, 6) is 0. The van der Waals surface area contributed by atoms with Crippen LogP contribution in [0.4, 0.5) is 0 Å². The molecule has 0 saturated carbocycles. The van der Waals surface area contributed by atoms with Crippen molar-refractivity contribution in [1.82, 2.24) is 9.13 Å². The van der Waals surface area contributed by atoms with E-state index in [0.717, 1.165) is 16.9 Å². The molecule has 2 nitrogen and oxygen atoms in total. The molecule has 68 heavy (non-hydrogen) atoms. The Morgan fingerprint density at radius 3 is 0.971 bits per heavy atom. The van der Waals surface area contributed by atoms with Gasteiger partial charge < -0.3 is 9.13 Å². The van der Waals surface area contributed by atoms with Crippen LogP contribution in [0.25, 0.3) is 122 Å². The van der Waals surface area contributed by atoms with E-state index in [9.17, 15) is 0 Å². The molecule has 2 heteroatoms. The summed E-state index contributed by atoms with van der Waals surface area (Å²) in [7, 11) is 0. The van der Waals surface area contributed by atoms with E-state index in [4.69, 9.17) is 0 Å². The Balaban J connectivity index is 1.12. The Labute approximate surface area is 395 Å². The molecular weight excluding hydrogens is 821 g/mol. The predicted octanol–water partition coefficient (Wildman–Crippen LogP) is 17.9. The summed E-state index contributed by atoms with van der Waals surface area (Å²) >= 11 is 0. The molecule has 0 unspecified atom stereocenters. The molecule has 2 heterocycles. The van der Waals surface area contributed by atoms with Gasteiger partial charge in [-0.2, -0.15) is 0 Å². The van der Waals surface area contributed by atoms with Crippen LogP contribution in [0.1, 0.15) is 0 Å². The van der Waals surface area contributed by atoms with Crippen LogP contribution in [0.5, 0.6) is 0 Å². The zero-order valence-corrected chi connectivity index (χ0v) is 37.3. The van der Waals surface area contributed by atoms with E-state index >= 15 is 0 Å². The van der Waals surface area contributed by atoms with Crippen LogP contribution < -0.4 is 0 Å². The Morgan fingerprint density at radius 1 is 0.206 bits per heavy atom. The molecule has 318 valence electrons. The molecular formula is C66H44N2. The lowest BCUT2D eigenvalue weighted by molar-refractivity contribution is 1.18. The van der Waals surface area contributed by atoms with Crippen LogP contribution in [-0.2, 0) is 0 Å². The number of rotatable bonds is 8. The van der Waals surface area contributed by atoms with Crippen molar-refractivity contribution in [3.05, 3.63) is 267 Å². The van der Waals surface area contributed by atoms with Crippen molar-refractivity contribution < 1.29 is 0 Å². The Hall–Kier alpha value is -8.98. The molecule has 13 aromatic rings. The summed E-state index contributed by atoms with van der Waals surface area (Å²) in [6.45, 7) is 0. The maximum absolute atomic E-state index is 2.50. The zero-order chi connectivity index (χ0) is 45.0. The van der Waals surface area contributed by atoms with E-state index in [0.29, 0.717) is 0 Å². The number of hydrogen-bond acceptors (Lipinski definition) is 0. The summed E-state index contributed by atoms with van der Waals surface area (Å²) in [6.07, 6.45) is 0. The summed E-state index contributed by atoms with van der Waals surface area (Å²) in [5.41, 5.74) is 21.3. The Kier molecular flexibility index (Phi) is 9.54. The van der Waals surface area contributed by atoms with Crippen molar-refractivity contribution in [1.29, 1.82) is 0 Å². The second-order valence-electron chi connectivity index (χ2n) is 17.6. The van der Waals surface area contributed by atoms with Crippen molar-refractivity contribution in [3.63, 3.8) is 0 Å². The van der Waals surface area contributed by atoms with E-state index in [1.807, 2.05) is 0 Å². The fraction of sp³-hybridized carbons (Fsp3) is 0. The standard InChI is InChI=1S/C66H44N2/c1-7-20-45(21-8-1)50-30-19-33-54(42-50)68-62-41-35-52(44-60(62)64-56(47-24-11-3-12-25-47)37-39-58(66(64)68)49-28-15-5-16-29-49)51-34-40-61-59(43-51)63-55(46-22-9-2-10-23-46)36-38-57(48-26-13-4-14-27-48)65(63)67(61)53-31-17-6-18-32-53/h1-44H. The highest BCUT2D eigenvalue weighted by molar-refractivity contribution is 6.22. The van der Waals surface area contributed by atoms with Crippen molar-refractivity contribution in [2.45, 2.75) is 0 Å². The minimum Gasteiger partial charge on any atom is -0.309 e. The number of fused-ring (bicyclic) bond motifs is 6. The van der Waals surface area contributed by atoms with E-state index in [1.54, 1.807) is 0 Å². The summed E-state index contributed by atoms with van der Waals surface area (Å²) in [4.78, 5) is 0. The first-order valence-corrected chi connectivity index (χ1v) is 23.4. The molecule has 13 rings (SSSR count). The highest BCUT2D eigenvalue weighted by atomic mass is 15.0. The minimum atomic E-state index is 1.12. The van der Waals surface area contributed by atoms with Gasteiger partial charge in [0.2, 0.25) is 0 Å². The third-order valence-corrected chi connectivity index (χ3v) is 13.7. The van der Waals surface area contributed by atoms with Gasteiger partial charge in [-0.05, 0) is 104 Å². The highest BCUT2D eigenvalue weighted by Crippen LogP contribution is 2.47. The smallest absolute Gasteiger partial charge is 0.0625 e. The maximum atomic E-state index is 2.50. The topological polar surface area (TPSA) is 9.86 Å².